The van der Waals surface area contributed by atoms with Crippen LogP contribution in [0.25, 0.3) is 0 Å². The molecule has 1 rings (SSSR count). The Labute approximate surface area is 78.3 Å². The summed E-state index contributed by atoms with van der Waals surface area (Å²) in [5, 5.41) is 11.7. The third-order valence-corrected chi connectivity index (χ3v) is 2.56. The highest BCUT2D eigenvalue weighted by Gasteiger charge is 2.38. The lowest BCUT2D eigenvalue weighted by Crippen LogP contribution is -2.46. The molecule has 0 aromatic heterocycles. The fraction of sp³-hybridized carbons (Fsp3) is 0.889. The maximum absolute atomic E-state index is 10.8. The number of rotatable bonds is 3. The molecule has 0 aromatic carbocycles. The fourth-order valence-corrected chi connectivity index (χ4v) is 1.95. The van der Waals surface area contributed by atoms with Gasteiger partial charge < -0.3 is 15.2 Å². The van der Waals surface area contributed by atoms with E-state index in [-0.39, 0.29) is 12.2 Å². The Morgan fingerprint density at radius 2 is 2.23 bits per heavy atom. The van der Waals surface area contributed by atoms with Crippen LogP contribution in [-0.4, -0.2) is 36.4 Å². The van der Waals surface area contributed by atoms with Crippen LogP contribution in [0.5, 0.6) is 0 Å². The second-order valence-corrected chi connectivity index (χ2v) is 3.73. The molecule has 4 nitrogen and oxygen atoms in total. The van der Waals surface area contributed by atoms with E-state index in [1.165, 1.54) is 0 Å². The Bertz CT molecular complexity index is 195. The summed E-state index contributed by atoms with van der Waals surface area (Å²) in [6.45, 7) is 4.01. The van der Waals surface area contributed by atoms with Crippen LogP contribution in [0.15, 0.2) is 0 Å². The van der Waals surface area contributed by atoms with Crippen LogP contribution in [0.2, 0.25) is 0 Å². The molecule has 4 heteroatoms. The van der Waals surface area contributed by atoms with E-state index in [0.717, 1.165) is 6.42 Å². The summed E-state index contributed by atoms with van der Waals surface area (Å²) >= 11 is 0. The van der Waals surface area contributed by atoms with Crippen LogP contribution in [0.3, 0.4) is 0 Å². The Hall–Kier alpha value is -0.610. The number of aliphatic carboxylic acids is 1. The van der Waals surface area contributed by atoms with Gasteiger partial charge in [-0.3, -0.25) is 4.79 Å². The van der Waals surface area contributed by atoms with E-state index in [4.69, 9.17) is 9.84 Å². The molecule has 1 aliphatic rings. The van der Waals surface area contributed by atoms with Crippen molar-refractivity contribution in [1.29, 1.82) is 0 Å². The quantitative estimate of drug-likeness (QED) is 0.674. The van der Waals surface area contributed by atoms with E-state index in [1.807, 2.05) is 13.8 Å². The highest BCUT2D eigenvalue weighted by atomic mass is 16.5. The summed E-state index contributed by atoms with van der Waals surface area (Å²) in [6, 6.07) is -0.583. The van der Waals surface area contributed by atoms with Crippen LogP contribution < -0.4 is 5.32 Å². The first-order valence-electron chi connectivity index (χ1n) is 4.61. The molecule has 1 unspecified atom stereocenters. The minimum atomic E-state index is -0.839. The van der Waals surface area contributed by atoms with E-state index in [2.05, 4.69) is 5.32 Å². The predicted molar refractivity (Wildman–Crippen MR) is 48.6 cm³/mol. The minimum Gasteiger partial charge on any atom is -0.480 e. The van der Waals surface area contributed by atoms with E-state index < -0.39 is 12.0 Å². The number of nitrogens with one attached hydrogen (secondary N) is 1. The molecule has 4 atom stereocenters. The summed E-state index contributed by atoms with van der Waals surface area (Å²) in [5.41, 5.74) is 0. The Balaban J connectivity index is 2.64. The van der Waals surface area contributed by atoms with Crippen molar-refractivity contribution in [1.82, 2.24) is 5.32 Å². The number of likely N-dealkylation sites (N-methyl/N-ethyl adjacent to an activating group) is 1. The van der Waals surface area contributed by atoms with Gasteiger partial charge in [0.2, 0.25) is 0 Å². The van der Waals surface area contributed by atoms with Crippen molar-refractivity contribution >= 4 is 5.97 Å². The van der Waals surface area contributed by atoms with E-state index >= 15 is 0 Å². The van der Waals surface area contributed by atoms with Crippen molar-refractivity contribution < 1.29 is 14.6 Å². The van der Waals surface area contributed by atoms with Gasteiger partial charge in [-0.15, -0.1) is 0 Å². The molecule has 0 bridgehead atoms. The van der Waals surface area contributed by atoms with Crippen molar-refractivity contribution in [3.8, 4) is 0 Å². The lowest BCUT2D eigenvalue weighted by atomic mass is 9.96. The second kappa shape index (κ2) is 4.07. The van der Waals surface area contributed by atoms with Crippen molar-refractivity contribution in [2.75, 3.05) is 7.05 Å². The summed E-state index contributed by atoms with van der Waals surface area (Å²) in [7, 11) is 1.65. The Morgan fingerprint density at radius 1 is 1.62 bits per heavy atom. The molecule has 0 aliphatic carbocycles. The molecule has 1 saturated heterocycles. The molecular formula is C9H17NO3. The van der Waals surface area contributed by atoms with Crippen molar-refractivity contribution in [3.05, 3.63) is 0 Å². The largest absolute Gasteiger partial charge is 0.480 e. The molecule has 1 fully saturated rings. The highest BCUT2D eigenvalue weighted by molar-refractivity contribution is 5.74. The van der Waals surface area contributed by atoms with E-state index in [9.17, 15) is 4.79 Å². The van der Waals surface area contributed by atoms with Gasteiger partial charge in [0.05, 0.1) is 12.2 Å². The molecule has 1 aliphatic heterocycles. The molecule has 1 heterocycles. The average molecular weight is 187 g/mol. The van der Waals surface area contributed by atoms with Gasteiger partial charge >= 0.3 is 5.97 Å². The molecule has 13 heavy (non-hydrogen) atoms. The number of carboxylic acid groups (broad SMARTS) is 1. The normalized spacial score (nSPS) is 36.1. The molecule has 0 spiro atoms. The first-order valence-corrected chi connectivity index (χ1v) is 4.61. The first-order chi connectivity index (χ1) is 6.06. The van der Waals surface area contributed by atoms with Gasteiger partial charge in [-0.1, -0.05) is 6.92 Å². The molecule has 0 radical (unpaired) electrons. The van der Waals surface area contributed by atoms with E-state index in [0.29, 0.717) is 5.92 Å². The molecule has 0 aromatic rings. The SMILES string of the molecule is CN[C@H](C(=O)O)[C@@H]1OC(C)C[C@H]1C. The minimum absolute atomic E-state index is 0.176. The molecule has 0 amide bonds. The van der Waals surface area contributed by atoms with Crippen LogP contribution in [0.4, 0.5) is 0 Å². The summed E-state index contributed by atoms with van der Waals surface area (Å²) in [4.78, 5) is 10.8. The second-order valence-electron chi connectivity index (χ2n) is 3.73. The molecule has 0 saturated carbocycles. The Kier molecular flexibility index (Phi) is 3.27. The summed E-state index contributed by atoms with van der Waals surface area (Å²) in [5.74, 6) is -0.531. The number of hydrogen-bond donors (Lipinski definition) is 2. The van der Waals surface area contributed by atoms with Crippen LogP contribution >= 0.6 is 0 Å². The number of hydrogen-bond acceptors (Lipinski definition) is 3. The van der Waals surface area contributed by atoms with Gasteiger partial charge in [0, 0.05) is 0 Å². The van der Waals surface area contributed by atoms with Crippen LogP contribution in [0, 0.1) is 5.92 Å². The van der Waals surface area contributed by atoms with E-state index in [1.54, 1.807) is 7.05 Å². The monoisotopic (exact) mass is 187 g/mol. The lowest BCUT2D eigenvalue weighted by Gasteiger charge is -2.22. The zero-order chi connectivity index (χ0) is 10.0. The first kappa shape index (κ1) is 10.5. The van der Waals surface area contributed by atoms with Crippen LogP contribution in [-0.2, 0) is 9.53 Å². The van der Waals surface area contributed by atoms with Gasteiger partial charge in [0.25, 0.3) is 0 Å². The standard InChI is InChI=1S/C9H17NO3/c1-5-4-6(2)13-8(5)7(10-3)9(11)12/h5-8,10H,4H2,1-3H3,(H,11,12)/t5-,6?,7+,8-/m1/s1. The van der Waals surface area contributed by atoms with Crippen molar-refractivity contribution in [2.45, 2.75) is 38.5 Å². The summed E-state index contributed by atoms with van der Waals surface area (Å²) < 4.78 is 5.54. The van der Waals surface area contributed by atoms with Crippen LogP contribution in [0.1, 0.15) is 20.3 Å². The topological polar surface area (TPSA) is 58.6 Å². The summed E-state index contributed by atoms with van der Waals surface area (Å²) in [6.07, 6.45) is 0.920. The number of carboxylic acids is 1. The zero-order valence-electron chi connectivity index (χ0n) is 8.28. The number of carbonyl (C=O) groups is 1. The maximum Gasteiger partial charge on any atom is 0.323 e. The van der Waals surface area contributed by atoms with Crippen molar-refractivity contribution in [3.63, 3.8) is 0 Å². The van der Waals surface area contributed by atoms with Gasteiger partial charge in [0.1, 0.15) is 6.04 Å². The Morgan fingerprint density at radius 3 is 2.54 bits per heavy atom. The van der Waals surface area contributed by atoms with Crippen molar-refractivity contribution in [2.24, 2.45) is 5.92 Å². The smallest absolute Gasteiger partial charge is 0.323 e. The molecule has 76 valence electrons. The molecular weight excluding hydrogens is 170 g/mol. The maximum atomic E-state index is 10.8. The third kappa shape index (κ3) is 2.19. The lowest BCUT2D eigenvalue weighted by molar-refractivity contribution is -0.143. The van der Waals surface area contributed by atoms with Gasteiger partial charge in [-0.05, 0) is 26.3 Å². The highest BCUT2D eigenvalue weighted by Crippen LogP contribution is 2.27. The number of ether oxygens (including phenoxy) is 1. The molecule has 2 N–H and O–H groups in total. The van der Waals surface area contributed by atoms with Gasteiger partial charge in [-0.2, -0.15) is 0 Å². The average Bonchev–Trinajstić information content (AvgIpc) is 2.31. The fourth-order valence-electron chi connectivity index (χ4n) is 1.95. The van der Waals surface area contributed by atoms with Gasteiger partial charge in [0.15, 0.2) is 0 Å². The third-order valence-electron chi connectivity index (χ3n) is 2.56. The predicted octanol–water partition coefficient (Wildman–Crippen LogP) is 0.472. The van der Waals surface area contributed by atoms with Gasteiger partial charge in [-0.25, -0.2) is 0 Å². The zero-order valence-corrected chi connectivity index (χ0v) is 8.28.